The number of aryl methyl sites for hydroxylation is 1. The van der Waals surface area contributed by atoms with Crippen LogP contribution in [-0.4, -0.2) is 43.8 Å². The van der Waals surface area contributed by atoms with Gasteiger partial charge in [0.15, 0.2) is 11.5 Å². The van der Waals surface area contributed by atoms with E-state index in [4.69, 9.17) is 14.2 Å². The number of ether oxygens (including phenoxy) is 3. The van der Waals surface area contributed by atoms with Crippen LogP contribution in [0.25, 0.3) is 0 Å². The topological polar surface area (TPSA) is 60.0 Å². The molecule has 0 aromatic heterocycles. The van der Waals surface area contributed by atoms with Gasteiger partial charge in [0.2, 0.25) is 0 Å². The summed E-state index contributed by atoms with van der Waals surface area (Å²) in [4.78, 5) is 14.9. The molecular formula is C24H30N2O4. The number of carbonyl (C=O) groups excluding carboxylic acids is 1. The molecule has 2 aromatic carbocycles. The van der Waals surface area contributed by atoms with Gasteiger partial charge in [-0.25, -0.2) is 4.79 Å². The van der Waals surface area contributed by atoms with Gasteiger partial charge in [-0.2, -0.15) is 0 Å². The van der Waals surface area contributed by atoms with Crippen LogP contribution in [0.5, 0.6) is 17.2 Å². The van der Waals surface area contributed by atoms with E-state index in [1.54, 1.807) is 7.11 Å². The minimum atomic E-state index is 0.00891. The predicted octanol–water partition coefficient (Wildman–Crippen LogP) is 4.33. The molecule has 6 heteroatoms. The predicted molar refractivity (Wildman–Crippen MR) is 115 cm³/mol. The van der Waals surface area contributed by atoms with E-state index in [0.29, 0.717) is 13.2 Å². The lowest BCUT2D eigenvalue weighted by Gasteiger charge is -2.28. The molecule has 2 atom stereocenters. The van der Waals surface area contributed by atoms with Gasteiger partial charge in [0.05, 0.1) is 13.2 Å². The summed E-state index contributed by atoms with van der Waals surface area (Å²) in [6, 6.07) is 14.3. The Balaban J connectivity index is 1.33. The number of carbonyl (C=O) groups is 1. The van der Waals surface area contributed by atoms with Crippen molar-refractivity contribution in [1.82, 2.24) is 10.2 Å². The molecule has 2 aromatic rings. The van der Waals surface area contributed by atoms with E-state index < -0.39 is 0 Å². The minimum absolute atomic E-state index is 0.00891. The number of likely N-dealkylation sites (tertiary alicyclic amines) is 1. The molecule has 0 aliphatic carbocycles. The summed E-state index contributed by atoms with van der Waals surface area (Å²) in [5, 5.41) is 3.18. The van der Waals surface area contributed by atoms with Gasteiger partial charge in [-0.05, 0) is 68.0 Å². The molecule has 4 rings (SSSR count). The highest BCUT2D eigenvalue weighted by Crippen LogP contribution is 2.38. The second-order valence-corrected chi connectivity index (χ2v) is 7.99. The van der Waals surface area contributed by atoms with E-state index in [9.17, 15) is 4.79 Å². The molecule has 160 valence electrons. The maximum atomic E-state index is 13.0. The largest absolute Gasteiger partial charge is 0.497 e. The molecule has 30 heavy (non-hydrogen) atoms. The van der Waals surface area contributed by atoms with E-state index in [1.165, 1.54) is 5.56 Å². The van der Waals surface area contributed by atoms with Crippen LogP contribution in [0.1, 0.15) is 43.4 Å². The Labute approximate surface area is 178 Å². The first-order chi connectivity index (χ1) is 14.6. The van der Waals surface area contributed by atoms with Gasteiger partial charge in [0.1, 0.15) is 19.0 Å². The number of benzene rings is 2. The quantitative estimate of drug-likeness (QED) is 0.770. The highest BCUT2D eigenvalue weighted by molar-refractivity contribution is 5.75. The molecule has 2 heterocycles. The molecule has 0 bridgehead atoms. The van der Waals surface area contributed by atoms with Gasteiger partial charge in [-0.1, -0.05) is 18.2 Å². The van der Waals surface area contributed by atoms with Crippen molar-refractivity contribution in [3.05, 3.63) is 53.6 Å². The summed E-state index contributed by atoms with van der Waals surface area (Å²) in [5.41, 5.74) is 2.35. The van der Waals surface area contributed by atoms with Crippen molar-refractivity contribution in [2.24, 2.45) is 0 Å². The summed E-state index contributed by atoms with van der Waals surface area (Å²) in [6.45, 7) is 3.99. The summed E-state index contributed by atoms with van der Waals surface area (Å²) in [6.07, 6.45) is 3.78. The zero-order chi connectivity index (χ0) is 20.9. The van der Waals surface area contributed by atoms with E-state index >= 15 is 0 Å². The summed E-state index contributed by atoms with van der Waals surface area (Å²) >= 11 is 0. The lowest BCUT2D eigenvalue weighted by atomic mass is 10.0. The zero-order valence-corrected chi connectivity index (χ0v) is 17.7. The lowest BCUT2D eigenvalue weighted by Crippen LogP contribution is -2.43. The fourth-order valence-electron chi connectivity index (χ4n) is 4.16. The number of fused-ring (bicyclic) bond motifs is 1. The summed E-state index contributed by atoms with van der Waals surface area (Å²) < 4.78 is 16.5. The van der Waals surface area contributed by atoms with E-state index in [0.717, 1.165) is 55.0 Å². The first-order valence-electron chi connectivity index (χ1n) is 10.7. The van der Waals surface area contributed by atoms with Crippen LogP contribution < -0.4 is 19.5 Å². The third-order valence-electron chi connectivity index (χ3n) is 5.86. The Morgan fingerprint density at radius 1 is 1.17 bits per heavy atom. The molecule has 0 spiro atoms. The fourth-order valence-corrected chi connectivity index (χ4v) is 4.16. The zero-order valence-electron chi connectivity index (χ0n) is 17.7. The van der Waals surface area contributed by atoms with E-state index in [1.807, 2.05) is 29.2 Å². The molecule has 2 amide bonds. The van der Waals surface area contributed by atoms with Gasteiger partial charge in [0.25, 0.3) is 0 Å². The number of amides is 2. The number of methoxy groups -OCH3 is 1. The molecule has 6 nitrogen and oxygen atoms in total. The normalized spacial score (nSPS) is 18.7. The van der Waals surface area contributed by atoms with E-state index in [-0.39, 0.29) is 18.1 Å². The Morgan fingerprint density at radius 2 is 1.93 bits per heavy atom. The number of urea groups is 1. The summed E-state index contributed by atoms with van der Waals surface area (Å²) in [7, 11) is 1.67. The van der Waals surface area contributed by atoms with Crippen molar-refractivity contribution < 1.29 is 19.0 Å². The average Bonchev–Trinajstić information content (AvgIpc) is 3.28. The Kier molecular flexibility index (Phi) is 6.31. The first kappa shape index (κ1) is 20.4. The van der Waals surface area contributed by atoms with Crippen LogP contribution >= 0.6 is 0 Å². The van der Waals surface area contributed by atoms with Crippen molar-refractivity contribution in [3.63, 3.8) is 0 Å². The average molecular weight is 411 g/mol. The van der Waals surface area contributed by atoms with E-state index in [2.05, 4.69) is 30.4 Å². The number of nitrogens with zero attached hydrogens (tertiary/aromatic N) is 1. The molecule has 1 N–H and O–H groups in total. The van der Waals surface area contributed by atoms with Crippen molar-refractivity contribution >= 4 is 6.03 Å². The van der Waals surface area contributed by atoms with Crippen molar-refractivity contribution in [2.45, 2.75) is 44.7 Å². The van der Waals surface area contributed by atoms with Gasteiger partial charge >= 0.3 is 6.03 Å². The SMILES string of the molecule is COc1ccc(CCC(C)NC(=O)N2CCCC2c2ccc3c(c2)OCCO3)cc1. The number of hydrogen-bond acceptors (Lipinski definition) is 4. The van der Waals surface area contributed by atoms with Gasteiger partial charge in [0, 0.05) is 12.6 Å². The lowest BCUT2D eigenvalue weighted by molar-refractivity contribution is 0.170. The smallest absolute Gasteiger partial charge is 0.318 e. The highest BCUT2D eigenvalue weighted by atomic mass is 16.6. The standard InChI is InChI=1S/C24H30N2O4/c1-17(5-6-18-7-10-20(28-2)11-8-18)25-24(27)26-13-3-4-21(26)19-9-12-22-23(16-19)30-15-14-29-22/h7-12,16-17,21H,3-6,13-15H2,1-2H3,(H,25,27). The maximum absolute atomic E-state index is 13.0. The molecule has 0 saturated carbocycles. The molecule has 2 aliphatic rings. The second-order valence-electron chi connectivity index (χ2n) is 7.99. The van der Waals surface area contributed by atoms with Gasteiger partial charge in [-0.3, -0.25) is 0 Å². The van der Waals surface area contributed by atoms with Crippen LogP contribution in [-0.2, 0) is 6.42 Å². The van der Waals surface area contributed by atoms with Crippen molar-refractivity contribution in [2.75, 3.05) is 26.9 Å². The van der Waals surface area contributed by atoms with Crippen molar-refractivity contribution in [3.8, 4) is 17.2 Å². The number of hydrogen-bond donors (Lipinski definition) is 1. The van der Waals surface area contributed by atoms with Gasteiger partial charge < -0.3 is 24.4 Å². The molecule has 2 unspecified atom stereocenters. The third kappa shape index (κ3) is 4.64. The van der Waals surface area contributed by atoms with Crippen LogP contribution in [0.4, 0.5) is 4.79 Å². The van der Waals surface area contributed by atoms with Crippen LogP contribution in [0.15, 0.2) is 42.5 Å². The summed E-state index contributed by atoms with van der Waals surface area (Å²) in [5.74, 6) is 2.42. The maximum Gasteiger partial charge on any atom is 0.318 e. The molecule has 1 fully saturated rings. The molecule has 1 saturated heterocycles. The van der Waals surface area contributed by atoms with Crippen LogP contribution in [0.3, 0.4) is 0 Å². The minimum Gasteiger partial charge on any atom is -0.497 e. The van der Waals surface area contributed by atoms with Crippen LogP contribution in [0.2, 0.25) is 0 Å². The monoisotopic (exact) mass is 410 g/mol. The molecular weight excluding hydrogens is 380 g/mol. The van der Waals surface area contributed by atoms with Gasteiger partial charge in [-0.15, -0.1) is 0 Å². The molecule has 2 aliphatic heterocycles. The third-order valence-corrected chi connectivity index (χ3v) is 5.86. The molecule has 0 radical (unpaired) electrons. The Bertz CT molecular complexity index is 868. The Morgan fingerprint density at radius 3 is 2.70 bits per heavy atom. The second kappa shape index (κ2) is 9.28. The number of rotatable bonds is 6. The Hall–Kier alpha value is -2.89. The van der Waals surface area contributed by atoms with Crippen molar-refractivity contribution in [1.29, 1.82) is 0 Å². The fraction of sp³-hybridized carbons (Fsp3) is 0.458. The first-order valence-corrected chi connectivity index (χ1v) is 10.7. The highest BCUT2D eigenvalue weighted by Gasteiger charge is 2.31. The van der Waals surface area contributed by atoms with Crippen LogP contribution in [0, 0.1) is 0 Å². The number of nitrogens with one attached hydrogen (secondary N) is 1.